The zero-order valence-electron chi connectivity index (χ0n) is 19.1. The maximum Gasteiger partial charge on any atom is 0.243 e. The minimum atomic E-state index is -0.640. The number of benzene rings is 1. The van der Waals surface area contributed by atoms with E-state index in [1.54, 1.807) is 6.92 Å². The number of unbranched alkanes of at least 4 members (excludes halogenated alkanes) is 2. The number of rotatable bonds is 12. The lowest BCUT2D eigenvalue weighted by Gasteiger charge is -2.25. The van der Waals surface area contributed by atoms with Crippen LogP contribution in [0.1, 0.15) is 63.0 Å². The molecule has 7 nitrogen and oxygen atoms in total. The first kappa shape index (κ1) is 25.9. The molecule has 1 aromatic carbocycles. The second-order valence-corrected chi connectivity index (χ2v) is 9.56. The minimum absolute atomic E-state index is 0.109. The summed E-state index contributed by atoms with van der Waals surface area (Å²) in [5.74, 6) is 0.136. The van der Waals surface area contributed by atoms with Gasteiger partial charge in [0.05, 0.1) is 0 Å². The highest BCUT2D eigenvalue weighted by Gasteiger charge is 2.28. The topological polar surface area (TPSA) is 104 Å². The zero-order chi connectivity index (χ0) is 23.3. The summed E-state index contributed by atoms with van der Waals surface area (Å²) in [4.78, 5) is 48.1. The first-order valence-corrected chi connectivity index (χ1v) is 12.4. The fraction of sp³-hybridized carbons (Fsp3) is 0.583. The molecule has 2 rings (SSSR count). The van der Waals surface area contributed by atoms with E-state index in [9.17, 15) is 19.2 Å². The van der Waals surface area contributed by atoms with E-state index in [1.807, 2.05) is 25.1 Å². The van der Waals surface area contributed by atoms with Crippen molar-refractivity contribution in [3.8, 4) is 0 Å². The lowest BCUT2D eigenvalue weighted by Crippen LogP contribution is -2.55. The second-order valence-electron chi connectivity index (χ2n) is 8.29. The smallest absolute Gasteiger partial charge is 0.243 e. The van der Waals surface area contributed by atoms with Gasteiger partial charge in [0.1, 0.15) is 12.1 Å². The van der Waals surface area contributed by atoms with E-state index >= 15 is 0 Å². The van der Waals surface area contributed by atoms with Gasteiger partial charge in [0.15, 0.2) is 5.12 Å². The molecular weight excluding hydrogens is 426 g/mol. The molecule has 1 saturated heterocycles. The van der Waals surface area contributed by atoms with E-state index < -0.39 is 12.1 Å². The normalized spacial score (nSPS) is 16.7. The number of hydrogen-bond donors (Lipinski definition) is 3. The Kier molecular flexibility index (Phi) is 11.3. The SMILES string of the molecule is CC(=O)SCCCCC[C@H](NC(=O)[C@@H]1CCCC(=O)N1)C(=O)NCCc1cccc(C)c1. The molecule has 176 valence electrons. The Morgan fingerprint density at radius 2 is 2.03 bits per heavy atom. The van der Waals surface area contributed by atoms with Gasteiger partial charge >= 0.3 is 0 Å². The van der Waals surface area contributed by atoms with Gasteiger partial charge in [-0.1, -0.05) is 54.4 Å². The van der Waals surface area contributed by atoms with Crippen LogP contribution < -0.4 is 16.0 Å². The molecule has 0 radical (unpaired) electrons. The predicted molar refractivity (Wildman–Crippen MR) is 127 cm³/mol. The molecule has 0 bridgehead atoms. The van der Waals surface area contributed by atoms with E-state index in [-0.39, 0.29) is 22.8 Å². The monoisotopic (exact) mass is 461 g/mol. The molecule has 8 heteroatoms. The lowest BCUT2D eigenvalue weighted by atomic mass is 10.0. The number of piperidine rings is 1. The largest absolute Gasteiger partial charge is 0.354 e. The molecule has 0 aromatic heterocycles. The fourth-order valence-electron chi connectivity index (χ4n) is 3.71. The van der Waals surface area contributed by atoms with Crippen LogP contribution in [0.5, 0.6) is 0 Å². The van der Waals surface area contributed by atoms with Crippen molar-refractivity contribution in [3.05, 3.63) is 35.4 Å². The van der Waals surface area contributed by atoms with Gasteiger partial charge in [-0.25, -0.2) is 0 Å². The van der Waals surface area contributed by atoms with Crippen LogP contribution in [0.15, 0.2) is 24.3 Å². The summed E-state index contributed by atoms with van der Waals surface area (Å²) in [6, 6.07) is 6.94. The Balaban J connectivity index is 1.86. The predicted octanol–water partition coefficient (Wildman–Crippen LogP) is 2.65. The number of carbonyl (C=O) groups is 4. The molecule has 1 aliphatic rings. The third kappa shape index (κ3) is 9.85. The standard InChI is InChI=1S/C24H35N3O4S/c1-17-8-6-9-19(16-17)13-14-25-23(30)20(10-4-3-5-15-32-18(2)28)27-24(31)21-11-7-12-22(29)26-21/h6,8-9,16,20-21H,3-5,7,10-15H2,1-2H3,(H,25,30)(H,26,29)(H,27,31)/t20-,21-/m0/s1. The number of nitrogens with one attached hydrogen (secondary N) is 3. The average Bonchev–Trinajstić information content (AvgIpc) is 2.75. The van der Waals surface area contributed by atoms with E-state index in [2.05, 4.69) is 22.0 Å². The number of amides is 3. The molecule has 32 heavy (non-hydrogen) atoms. The van der Waals surface area contributed by atoms with Gasteiger partial charge < -0.3 is 16.0 Å². The van der Waals surface area contributed by atoms with E-state index in [1.165, 1.54) is 17.3 Å². The molecule has 1 aromatic rings. The first-order valence-electron chi connectivity index (χ1n) is 11.4. The maximum atomic E-state index is 12.8. The molecule has 3 amide bonds. The van der Waals surface area contributed by atoms with Gasteiger partial charge in [0.2, 0.25) is 17.7 Å². The third-order valence-corrected chi connectivity index (χ3v) is 6.32. The van der Waals surface area contributed by atoms with Gasteiger partial charge in [-0.3, -0.25) is 19.2 Å². The second kappa shape index (κ2) is 13.9. The summed E-state index contributed by atoms with van der Waals surface area (Å²) < 4.78 is 0. The first-order chi connectivity index (χ1) is 15.3. The molecule has 0 spiro atoms. The molecule has 3 N–H and O–H groups in total. The van der Waals surface area contributed by atoms with Crippen LogP contribution in [-0.4, -0.2) is 47.2 Å². The van der Waals surface area contributed by atoms with Crippen molar-refractivity contribution in [1.29, 1.82) is 0 Å². The van der Waals surface area contributed by atoms with E-state index in [4.69, 9.17) is 0 Å². The van der Waals surface area contributed by atoms with E-state index in [0.717, 1.165) is 37.0 Å². The minimum Gasteiger partial charge on any atom is -0.354 e. The van der Waals surface area contributed by atoms with Crippen LogP contribution in [0.2, 0.25) is 0 Å². The third-order valence-electron chi connectivity index (χ3n) is 5.42. The molecule has 1 aliphatic heterocycles. The molecule has 0 aliphatic carbocycles. The van der Waals surface area contributed by atoms with Crippen molar-refractivity contribution in [2.75, 3.05) is 12.3 Å². The van der Waals surface area contributed by atoms with Crippen LogP contribution in [0, 0.1) is 6.92 Å². The summed E-state index contributed by atoms with van der Waals surface area (Å²) in [5.41, 5.74) is 2.33. The van der Waals surface area contributed by atoms with Crippen LogP contribution in [0.4, 0.5) is 0 Å². The highest BCUT2D eigenvalue weighted by atomic mass is 32.2. The highest BCUT2D eigenvalue weighted by molar-refractivity contribution is 8.13. The Hall–Kier alpha value is -2.35. The molecule has 1 fully saturated rings. The average molecular weight is 462 g/mol. The van der Waals surface area contributed by atoms with Crippen molar-refractivity contribution in [3.63, 3.8) is 0 Å². The van der Waals surface area contributed by atoms with Crippen LogP contribution in [0.3, 0.4) is 0 Å². The van der Waals surface area contributed by atoms with Gasteiger partial charge in [-0.2, -0.15) is 0 Å². The van der Waals surface area contributed by atoms with Gasteiger partial charge in [-0.15, -0.1) is 0 Å². The number of carbonyl (C=O) groups excluding carboxylic acids is 4. The quantitative estimate of drug-likeness (QED) is 0.415. The summed E-state index contributed by atoms with van der Waals surface area (Å²) in [7, 11) is 0. The summed E-state index contributed by atoms with van der Waals surface area (Å²) in [6.45, 7) is 4.08. The van der Waals surface area contributed by atoms with E-state index in [0.29, 0.717) is 32.2 Å². The number of aryl methyl sites for hydroxylation is 1. The van der Waals surface area contributed by atoms with Crippen molar-refractivity contribution >= 4 is 34.6 Å². The molecule has 0 unspecified atom stereocenters. The zero-order valence-corrected chi connectivity index (χ0v) is 19.9. The van der Waals surface area contributed by atoms with Crippen molar-refractivity contribution < 1.29 is 19.2 Å². The Labute approximate surface area is 194 Å². The van der Waals surface area contributed by atoms with Crippen molar-refractivity contribution in [1.82, 2.24) is 16.0 Å². The molecule has 2 atom stereocenters. The van der Waals surface area contributed by atoms with Gasteiger partial charge in [0.25, 0.3) is 0 Å². The maximum absolute atomic E-state index is 12.8. The summed E-state index contributed by atoms with van der Waals surface area (Å²) >= 11 is 1.31. The van der Waals surface area contributed by atoms with Crippen molar-refractivity contribution in [2.45, 2.75) is 77.3 Å². The summed E-state index contributed by atoms with van der Waals surface area (Å²) in [6.07, 6.45) is 5.47. The Morgan fingerprint density at radius 3 is 2.75 bits per heavy atom. The molecule has 1 heterocycles. The number of thioether (sulfide) groups is 1. The highest BCUT2D eigenvalue weighted by Crippen LogP contribution is 2.12. The number of hydrogen-bond acceptors (Lipinski definition) is 5. The van der Waals surface area contributed by atoms with Gasteiger partial charge in [0, 0.05) is 25.6 Å². The van der Waals surface area contributed by atoms with Gasteiger partial charge in [-0.05, 0) is 44.6 Å². The lowest BCUT2D eigenvalue weighted by molar-refractivity contribution is -0.133. The van der Waals surface area contributed by atoms with Crippen molar-refractivity contribution in [2.24, 2.45) is 0 Å². The van der Waals surface area contributed by atoms with Crippen LogP contribution in [0.25, 0.3) is 0 Å². The van der Waals surface area contributed by atoms with Crippen LogP contribution in [-0.2, 0) is 25.6 Å². The Bertz CT molecular complexity index is 799. The summed E-state index contributed by atoms with van der Waals surface area (Å²) in [5, 5.41) is 8.61. The molecule has 0 saturated carbocycles. The fourth-order valence-corrected chi connectivity index (χ4v) is 4.34. The van der Waals surface area contributed by atoms with Crippen LogP contribution >= 0.6 is 11.8 Å². The molecular formula is C24H35N3O4S. The Morgan fingerprint density at radius 1 is 1.22 bits per heavy atom.